The molecule has 1 N–H and O–H groups in total. The van der Waals surface area contributed by atoms with Crippen LogP contribution in [-0.2, 0) is 32.6 Å². The van der Waals surface area contributed by atoms with Gasteiger partial charge in [-0.25, -0.2) is 8.42 Å². The maximum absolute atomic E-state index is 14.5. The first-order chi connectivity index (χ1) is 21.1. The normalized spacial score (nSPS) is 12.6. The predicted octanol–water partition coefficient (Wildman–Crippen LogP) is 6.74. The summed E-state index contributed by atoms with van der Waals surface area (Å²) in [6.45, 7) is 3.22. The molecule has 230 valence electrons. The number of anilines is 1. The molecule has 0 saturated heterocycles. The van der Waals surface area contributed by atoms with Gasteiger partial charge in [-0.1, -0.05) is 109 Å². The van der Waals surface area contributed by atoms with E-state index >= 15 is 0 Å². The number of carbonyl (C=O) groups excluding carboxylic acids is 2. The van der Waals surface area contributed by atoms with E-state index in [2.05, 4.69) is 5.32 Å². The Morgan fingerprint density at radius 3 is 1.98 bits per heavy atom. The van der Waals surface area contributed by atoms with Crippen LogP contribution >= 0.6 is 23.2 Å². The minimum atomic E-state index is -4.24. The number of benzene rings is 4. The molecule has 4 aromatic carbocycles. The zero-order valence-electron chi connectivity index (χ0n) is 24.6. The van der Waals surface area contributed by atoms with Crippen LogP contribution in [0.4, 0.5) is 5.69 Å². The molecule has 2 atom stereocenters. The number of carbonyl (C=O) groups is 2. The fourth-order valence-corrected chi connectivity index (χ4v) is 6.63. The van der Waals surface area contributed by atoms with Gasteiger partial charge >= 0.3 is 0 Å². The smallest absolute Gasteiger partial charge is 0.264 e. The highest BCUT2D eigenvalue weighted by Gasteiger charge is 2.35. The van der Waals surface area contributed by atoms with Gasteiger partial charge in [0.25, 0.3) is 10.0 Å². The molecule has 0 radical (unpaired) electrons. The summed E-state index contributed by atoms with van der Waals surface area (Å²) < 4.78 is 29.1. The largest absolute Gasteiger partial charge is 0.352 e. The molecule has 0 heterocycles. The third-order valence-electron chi connectivity index (χ3n) is 7.30. The number of hydrogen-bond donors (Lipinski definition) is 1. The average molecular weight is 653 g/mol. The Hall–Kier alpha value is -3.85. The van der Waals surface area contributed by atoms with Crippen LogP contribution in [-0.4, -0.2) is 43.8 Å². The zero-order chi connectivity index (χ0) is 31.7. The van der Waals surface area contributed by atoms with E-state index in [9.17, 15) is 18.0 Å². The monoisotopic (exact) mass is 651 g/mol. The number of halogens is 2. The zero-order valence-corrected chi connectivity index (χ0v) is 26.9. The molecule has 0 aliphatic heterocycles. The summed E-state index contributed by atoms with van der Waals surface area (Å²) in [6, 6.07) is 29.6. The molecule has 0 aromatic heterocycles. The first-order valence-corrected chi connectivity index (χ1v) is 16.5. The fourth-order valence-electron chi connectivity index (χ4n) is 4.69. The van der Waals surface area contributed by atoms with Crippen molar-refractivity contribution in [3.8, 4) is 0 Å². The lowest BCUT2D eigenvalue weighted by molar-refractivity contribution is -0.140. The molecule has 7 nitrogen and oxygen atoms in total. The van der Waals surface area contributed by atoms with Crippen LogP contribution in [0.5, 0.6) is 0 Å². The van der Waals surface area contributed by atoms with Gasteiger partial charge in [-0.15, -0.1) is 0 Å². The van der Waals surface area contributed by atoms with Crippen LogP contribution in [0.15, 0.2) is 114 Å². The molecule has 44 heavy (non-hydrogen) atoms. The Labute approximate surface area is 269 Å². The number of amides is 2. The molecule has 0 aliphatic rings. The molecule has 2 amide bonds. The number of rotatable bonds is 13. The summed E-state index contributed by atoms with van der Waals surface area (Å²) in [5.74, 6) is -0.941. The number of sulfonamides is 1. The van der Waals surface area contributed by atoms with E-state index in [4.69, 9.17) is 23.2 Å². The predicted molar refractivity (Wildman–Crippen MR) is 176 cm³/mol. The van der Waals surface area contributed by atoms with Crippen molar-refractivity contribution in [3.63, 3.8) is 0 Å². The first-order valence-electron chi connectivity index (χ1n) is 14.3. The highest BCUT2D eigenvalue weighted by atomic mass is 35.5. The molecule has 0 spiro atoms. The third kappa shape index (κ3) is 8.20. The molecule has 4 rings (SSSR count). The number of nitrogens with one attached hydrogen (secondary N) is 1. The van der Waals surface area contributed by atoms with Gasteiger partial charge in [-0.05, 0) is 54.8 Å². The van der Waals surface area contributed by atoms with Crippen LogP contribution in [0.3, 0.4) is 0 Å². The maximum atomic E-state index is 14.5. The van der Waals surface area contributed by atoms with Crippen LogP contribution in [0.25, 0.3) is 0 Å². The number of nitrogens with zero attached hydrogens (tertiary/aromatic N) is 2. The van der Waals surface area contributed by atoms with Crippen molar-refractivity contribution >= 4 is 50.7 Å². The summed E-state index contributed by atoms with van der Waals surface area (Å²) in [6.07, 6.45) is 0.898. The second-order valence-electron chi connectivity index (χ2n) is 10.4. The van der Waals surface area contributed by atoms with E-state index in [0.29, 0.717) is 17.0 Å². The third-order valence-corrected chi connectivity index (χ3v) is 9.76. The Kier molecular flexibility index (Phi) is 11.4. The lowest BCUT2D eigenvalue weighted by Crippen LogP contribution is -2.54. The lowest BCUT2D eigenvalue weighted by atomic mass is 10.0. The van der Waals surface area contributed by atoms with Gasteiger partial charge in [0, 0.05) is 24.0 Å². The van der Waals surface area contributed by atoms with Gasteiger partial charge in [0.15, 0.2) is 0 Å². The summed E-state index contributed by atoms with van der Waals surface area (Å²) >= 11 is 13.0. The topological polar surface area (TPSA) is 86.8 Å². The van der Waals surface area contributed by atoms with Crippen molar-refractivity contribution in [2.75, 3.05) is 10.8 Å². The lowest BCUT2D eigenvalue weighted by Gasteiger charge is -2.34. The second-order valence-corrected chi connectivity index (χ2v) is 13.1. The summed E-state index contributed by atoms with van der Waals surface area (Å²) in [5.41, 5.74) is 1.61. The van der Waals surface area contributed by atoms with Crippen molar-refractivity contribution < 1.29 is 18.0 Å². The molecule has 10 heteroatoms. The van der Waals surface area contributed by atoms with Gasteiger partial charge in [0.05, 0.1) is 15.6 Å². The van der Waals surface area contributed by atoms with Crippen molar-refractivity contribution in [1.82, 2.24) is 10.2 Å². The number of para-hydroxylation sites is 1. The molecule has 0 bridgehead atoms. The van der Waals surface area contributed by atoms with Crippen LogP contribution in [0, 0.1) is 0 Å². The van der Waals surface area contributed by atoms with Gasteiger partial charge in [0.2, 0.25) is 11.8 Å². The molecular weight excluding hydrogens is 617 g/mol. The standard InChI is InChI=1S/C34H35Cl2N3O4S/c1-3-25(2)37-34(41)32(22-26-14-6-4-7-15-26)38(23-27-16-10-11-19-29(27)35)33(40)24-39(31-21-13-12-20-30(31)36)44(42,43)28-17-8-5-9-18-28/h4-21,25,32H,3,22-24H2,1-2H3,(H,37,41)/t25-,32-/m0/s1. The van der Waals surface area contributed by atoms with Gasteiger partial charge in [-0.3, -0.25) is 13.9 Å². The van der Waals surface area contributed by atoms with E-state index in [1.165, 1.54) is 17.0 Å². The van der Waals surface area contributed by atoms with E-state index < -0.39 is 28.5 Å². The van der Waals surface area contributed by atoms with Crippen LogP contribution < -0.4 is 9.62 Å². The van der Waals surface area contributed by atoms with Crippen LogP contribution in [0.2, 0.25) is 10.0 Å². The highest BCUT2D eigenvalue weighted by molar-refractivity contribution is 7.92. The maximum Gasteiger partial charge on any atom is 0.264 e. The van der Waals surface area contributed by atoms with E-state index in [-0.39, 0.29) is 40.5 Å². The average Bonchev–Trinajstić information content (AvgIpc) is 3.03. The Morgan fingerprint density at radius 2 is 1.36 bits per heavy atom. The first kappa shape index (κ1) is 33.1. The van der Waals surface area contributed by atoms with Gasteiger partial charge in [0.1, 0.15) is 12.6 Å². The second kappa shape index (κ2) is 15.2. The minimum absolute atomic E-state index is 0.000669. The minimum Gasteiger partial charge on any atom is -0.352 e. The van der Waals surface area contributed by atoms with E-state index in [0.717, 1.165) is 9.87 Å². The van der Waals surface area contributed by atoms with Crippen molar-refractivity contribution in [2.45, 2.75) is 50.2 Å². The highest BCUT2D eigenvalue weighted by Crippen LogP contribution is 2.31. The molecule has 0 saturated carbocycles. The molecule has 0 aliphatic carbocycles. The fraction of sp³-hybridized carbons (Fsp3) is 0.235. The SMILES string of the molecule is CC[C@H](C)NC(=O)[C@H](Cc1ccccc1)N(Cc1ccccc1Cl)C(=O)CN(c1ccccc1Cl)S(=O)(=O)c1ccccc1. The number of hydrogen-bond acceptors (Lipinski definition) is 4. The Morgan fingerprint density at radius 1 is 0.795 bits per heavy atom. The van der Waals surface area contributed by atoms with Crippen molar-refractivity contribution in [2.24, 2.45) is 0 Å². The Bertz CT molecular complexity index is 1670. The Balaban J connectivity index is 1.82. The molecule has 0 fully saturated rings. The van der Waals surface area contributed by atoms with E-state index in [1.54, 1.807) is 66.7 Å². The molecule has 4 aromatic rings. The summed E-state index contributed by atoms with van der Waals surface area (Å²) in [5, 5.41) is 3.60. The van der Waals surface area contributed by atoms with Crippen LogP contribution in [0.1, 0.15) is 31.4 Å². The van der Waals surface area contributed by atoms with Crippen molar-refractivity contribution in [1.29, 1.82) is 0 Å². The van der Waals surface area contributed by atoms with Gasteiger partial charge in [-0.2, -0.15) is 0 Å². The van der Waals surface area contributed by atoms with E-state index in [1.807, 2.05) is 44.2 Å². The summed E-state index contributed by atoms with van der Waals surface area (Å²) in [7, 11) is -4.24. The van der Waals surface area contributed by atoms with Gasteiger partial charge < -0.3 is 10.2 Å². The molecular formula is C34H35Cl2N3O4S. The quantitative estimate of drug-likeness (QED) is 0.173. The van der Waals surface area contributed by atoms with Crippen molar-refractivity contribution in [3.05, 3.63) is 130 Å². The molecule has 0 unspecified atom stereocenters. The summed E-state index contributed by atoms with van der Waals surface area (Å²) in [4.78, 5) is 29.8.